The van der Waals surface area contributed by atoms with Crippen LogP contribution in [0.2, 0.25) is 0 Å². The van der Waals surface area contributed by atoms with Gasteiger partial charge < -0.3 is 10.6 Å². The molecule has 1 atom stereocenters. The Morgan fingerprint density at radius 1 is 1.29 bits per heavy atom. The van der Waals surface area contributed by atoms with Gasteiger partial charge in [0.2, 0.25) is 0 Å². The number of hydrogen-bond donors (Lipinski definition) is 2. The maximum Gasteiger partial charge on any atom is 0.0963 e. The molecule has 0 rings (SSSR count). The second-order valence-electron chi connectivity index (χ2n) is 5.69. The van der Waals surface area contributed by atoms with Gasteiger partial charge in [0.05, 0.1) is 5.84 Å². The van der Waals surface area contributed by atoms with E-state index in [-0.39, 0.29) is 5.41 Å². The lowest BCUT2D eigenvalue weighted by atomic mass is 9.87. The van der Waals surface area contributed by atoms with Crippen molar-refractivity contribution in [2.45, 2.75) is 66.3 Å². The van der Waals surface area contributed by atoms with Gasteiger partial charge in [-0.15, -0.1) is 0 Å². The van der Waals surface area contributed by atoms with Gasteiger partial charge in [-0.05, 0) is 39.3 Å². The molecule has 0 aliphatic carbocycles. The molecule has 0 aliphatic heterocycles. The minimum atomic E-state index is -0.169. The number of nitrogens with zero attached hydrogens (tertiary/aromatic N) is 1. The Bertz CT molecular complexity index is 224. The van der Waals surface area contributed by atoms with Crippen molar-refractivity contribution in [3.05, 3.63) is 0 Å². The molecule has 3 nitrogen and oxygen atoms in total. The molecule has 0 aromatic rings. The van der Waals surface area contributed by atoms with Crippen LogP contribution in [-0.2, 0) is 0 Å². The van der Waals surface area contributed by atoms with Crippen LogP contribution in [0.25, 0.3) is 0 Å². The first-order valence-electron chi connectivity index (χ1n) is 6.93. The maximum atomic E-state index is 7.59. The standard InChI is InChI=1S/C14H31N3/c1-6-8-10-17(12(3)7-2)11-9-14(4,5)13(15)16/h12H,6-11H2,1-5H3,(H3,15,16). The van der Waals surface area contributed by atoms with E-state index >= 15 is 0 Å². The molecule has 0 fully saturated rings. The van der Waals surface area contributed by atoms with Gasteiger partial charge in [0.25, 0.3) is 0 Å². The van der Waals surface area contributed by atoms with Gasteiger partial charge >= 0.3 is 0 Å². The van der Waals surface area contributed by atoms with Crippen molar-refractivity contribution in [3.63, 3.8) is 0 Å². The molecule has 102 valence electrons. The number of nitrogens with two attached hydrogens (primary N) is 1. The van der Waals surface area contributed by atoms with E-state index in [1.165, 1.54) is 25.8 Å². The Morgan fingerprint density at radius 2 is 1.88 bits per heavy atom. The average Bonchev–Trinajstić information content (AvgIpc) is 2.28. The molecule has 0 radical (unpaired) electrons. The van der Waals surface area contributed by atoms with Crippen LogP contribution in [0.4, 0.5) is 0 Å². The summed E-state index contributed by atoms with van der Waals surface area (Å²) in [5, 5.41) is 7.59. The second-order valence-corrected chi connectivity index (χ2v) is 5.69. The molecule has 0 bridgehead atoms. The lowest BCUT2D eigenvalue weighted by molar-refractivity contribution is 0.183. The fourth-order valence-electron chi connectivity index (χ4n) is 1.73. The number of nitrogens with one attached hydrogen (secondary N) is 1. The molecule has 0 heterocycles. The first-order valence-corrected chi connectivity index (χ1v) is 6.93. The van der Waals surface area contributed by atoms with Crippen LogP contribution in [0, 0.1) is 10.8 Å². The summed E-state index contributed by atoms with van der Waals surface area (Å²) >= 11 is 0. The molecule has 0 aliphatic rings. The highest BCUT2D eigenvalue weighted by Gasteiger charge is 2.23. The Balaban J connectivity index is 4.29. The number of amidine groups is 1. The molecule has 0 aromatic carbocycles. The Kier molecular flexibility index (Phi) is 7.44. The summed E-state index contributed by atoms with van der Waals surface area (Å²) in [7, 11) is 0. The van der Waals surface area contributed by atoms with Crippen molar-refractivity contribution in [1.82, 2.24) is 4.90 Å². The fourth-order valence-corrected chi connectivity index (χ4v) is 1.73. The summed E-state index contributed by atoms with van der Waals surface area (Å²) in [5.74, 6) is 0.303. The van der Waals surface area contributed by atoms with Crippen molar-refractivity contribution >= 4 is 5.84 Å². The van der Waals surface area contributed by atoms with Crippen LogP contribution < -0.4 is 5.73 Å². The summed E-state index contributed by atoms with van der Waals surface area (Å²) in [6, 6.07) is 0.629. The largest absolute Gasteiger partial charge is 0.387 e. The lowest BCUT2D eigenvalue weighted by Crippen LogP contribution is -2.39. The van der Waals surface area contributed by atoms with Gasteiger partial charge in [0, 0.05) is 11.5 Å². The van der Waals surface area contributed by atoms with E-state index in [1.807, 2.05) is 0 Å². The first kappa shape index (κ1) is 16.4. The molecule has 1 unspecified atom stereocenters. The van der Waals surface area contributed by atoms with Crippen LogP contribution in [0.5, 0.6) is 0 Å². The number of unbranched alkanes of at least 4 members (excludes halogenated alkanes) is 1. The Hall–Kier alpha value is -0.570. The molecular formula is C14H31N3. The van der Waals surface area contributed by atoms with Crippen molar-refractivity contribution in [2.24, 2.45) is 11.1 Å². The topological polar surface area (TPSA) is 53.1 Å². The molecule has 17 heavy (non-hydrogen) atoms. The van der Waals surface area contributed by atoms with E-state index in [1.54, 1.807) is 0 Å². The molecule has 0 spiro atoms. The zero-order valence-corrected chi connectivity index (χ0v) is 12.3. The highest BCUT2D eigenvalue weighted by Crippen LogP contribution is 2.21. The zero-order valence-electron chi connectivity index (χ0n) is 12.3. The maximum absolute atomic E-state index is 7.59. The second kappa shape index (κ2) is 7.70. The SMILES string of the molecule is CCCCN(CCC(C)(C)C(=N)N)C(C)CC. The van der Waals surface area contributed by atoms with Crippen LogP contribution in [0.15, 0.2) is 0 Å². The van der Waals surface area contributed by atoms with Crippen LogP contribution in [0.3, 0.4) is 0 Å². The predicted molar refractivity (Wildman–Crippen MR) is 76.5 cm³/mol. The first-order chi connectivity index (χ1) is 7.85. The molecule has 0 aromatic heterocycles. The Labute approximate surface area is 107 Å². The molecule has 0 saturated carbocycles. The summed E-state index contributed by atoms with van der Waals surface area (Å²) in [6.45, 7) is 13.1. The summed E-state index contributed by atoms with van der Waals surface area (Å²) in [6.07, 6.45) is 4.65. The van der Waals surface area contributed by atoms with E-state index in [9.17, 15) is 0 Å². The molecule has 0 saturated heterocycles. The highest BCUT2D eigenvalue weighted by molar-refractivity contribution is 5.82. The highest BCUT2D eigenvalue weighted by atomic mass is 15.1. The predicted octanol–water partition coefficient (Wildman–Crippen LogP) is 3.24. The minimum absolute atomic E-state index is 0.169. The molecule has 3 N–H and O–H groups in total. The van der Waals surface area contributed by atoms with Crippen molar-refractivity contribution in [1.29, 1.82) is 5.41 Å². The van der Waals surface area contributed by atoms with E-state index < -0.39 is 0 Å². The van der Waals surface area contributed by atoms with Crippen LogP contribution >= 0.6 is 0 Å². The fraction of sp³-hybridized carbons (Fsp3) is 0.929. The van der Waals surface area contributed by atoms with Gasteiger partial charge in [0.15, 0.2) is 0 Å². The van der Waals surface area contributed by atoms with E-state index in [4.69, 9.17) is 11.1 Å². The number of rotatable bonds is 9. The number of hydrogen-bond acceptors (Lipinski definition) is 2. The summed E-state index contributed by atoms with van der Waals surface area (Å²) in [5.41, 5.74) is 5.46. The smallest absolute Gasteiger partial charge is 0.0963 e. The van der Waals surface area contributed by atoms with Crippen LogP contribution in [0.1, 0.15) is 60.3 Å². The third kappa shape index (κ3) is 6.06. The molecule has 3 heteroatoms. The molecule has 0 amide bonds. The quantitative estimate of drug-likeness (QED) is 0.481. The van der Waals surface area contributed by atoms with Gasteiger partial charge in [-0.3, -0.25) is 5.41 Å². The van der Waals surface area contributed by atoms with E-state index in [2.05, 4.69) is 39.5 Å². The summed E-state index contributed by atoms with van der Waals surface area (Å²) in [4.78, 5) is 2.54. The van der Waals surface area contributed by atoms with E-state index in [0.717, 1.165) is 13.0 Å². The third-order valence-electron chi connectivity index (χ3n) is 3.77. The third-order valence-corrected chi connectivity index (χ3v) is 3.77. The van der Waals surface area contributed by atoms with Crippen molar-refractivity contribution in [2.75, 3.05) is 13.1 Å². The van der Waals surface area contributed by atoms with Gasteiger partial charge in [-0.2, -0.15) is 0 Å². The average molecular weight is 241 g/mol. The van der Waals surface area contributed by atoms with Gasteiger partial charge in [-0.1, -0.05) is 34.1 Å². The van der Waals surface area contributed by atoms with Gasteiger partial charge in [-0.25, -0.2) is 0 Å². The van der Waals surface area contributed by atoms with E-state index in [0.29, 0.717) is 11.9 Å². The zero-order chi connectivity index (χ0) is 13.5. The minimum Gasteiger partial charge on any atom is -0.387 e. The Morgan fingerprint density at radius 3 is 2.29 bits per heavy atom. The molecular weight excluding hydrogens is 210 g/mol. The monoisotopic (exact) mass is 241 g/mol. The normalized spacial score (nSPS) is 14.0. The lowest BCUT2D eigenvalue weighted by Gasteiger charge is -2.32. The van der Waals surface area contributed by atoms with Crippen LogP contribution in [-0.4, -0.2) is 29.9 Å². The van der Waals surface area contributed by atoms with Crippen molar-refractivity contribution < 1.29 is 0 Å². The summed E-state index contributed by atoms with van der Waals surface area (Å²) < 4.78 is 0. The van der Waals surface area contributed by atoms with Gasteiger partial charge in [0.1, 0.15) is 0 Å². The van der Waals surface area contributed by atoms with Crippen molar-refractivity contribution in [3.8, 4) is 0 Å².